The standard InChI is InChI=1S/C25H30N6O3/c1-33-22-9-7-20(8-10-22)23-27-25(34-28-23)30-15-13-29(14-16-30)24(32)26-17-19-11-12-31(18-19)21-5-3-2-4-6-21/h2-10,19H,11-18H2,1H3,(H,26,32). The van der Waals surface area contributed by atoms with Gasteiger partial charge in [-0.25, -0.2) is 4.79 Å². The molecule has 9 nitrogen and oxygen atoms in total. The van der Waals surface area contributed by atoms with Gasteiger partial charge in [0.2, 0.25) is 5.82 Å². The van der Waals surface area contributed by atoms with Crippen LogP contribution in [0, 0.1) is 5.92 Å². The molecule has 3 aromatic rings. The summed E-state index contributed by atoms with van der Waals surface area (Å²) in [5.74, 6) is 1.79. The van der Waals surface area contributed by atoms with E-state index in [0.29, 0.717) is 50.5 Å². The molecule has 2 saturated heterocycles. The number of ether oxygens (including phenoxy) is 1. The fourth-order valence-electron chi connectivity index (χ4n) is 4.52. The third-order valence-electron chi connectivity index (χ3n) is 6.55. The molecule has 2 aliphatic heterocycles. The van der Waals surface area contributed by atoms with Crippen molar-refractivity contribution >= 4 is 17.7 Å². The Balaban J connectivity index is 1.07. The second-order valence-electron chi connectivity index (χ2n) is 8.73. The van der Waals surface area contributed by atoms with Gasteiger partial charge in [0.05, 0.1) is 7.11 Å². The number of hydrogen-bond acceptors (Lipinski definition) is 7. The smallest absolute Gasteiger partial charge is 0.324 e. The van der Waals surface area contributed by atoms with Crippen molar-refractivity contribution in [3.63, 3.8) is 0 Å². The summed E-state index contributed by atoms with van der Waals surface area (Å²) in [6, 6.07) is 18.5. The fourth-order valence-corrected chi connectivity index (χ4v) is 4.52. The predicted octanol–water partition coefficient (Wildman–Crippen LogP) is 3.10. The highest BCUT2D eigenvalue weighted by Crippen LogP contribution is 2.24. The molecule has 1 aromatic heterocycles. The number of anilines is 2. The molecule has 34 heavy (non-hydrogen) atoms. The molecule has 0 bridgehead atoms. The average molecular weight is 463 g/mol. The molecule has 0 saturated carbocycles. The van der Waals surface area contributed by atoms with Crippen LogP contribution in [-0.2, 0) is 0 Å². The Morgan fingerprint density at radius 2 is 1.79 bits per heavy atom. The minimum absolute atomic E-state index is 0.00209. The summed E-state index contributed by atoms with van der Waals surface area (Å²) in [6.45, 7) is 5.26. The van der Waals surface area contributed by atoms with Crippen molar-refractivity contribution in [3.8, 4) is 17.1 Å². The van der Waals surface area contributed by atoms with E-state index in [2.05, 4.69) is 44.6 Å². The molecule has 0 aliphatic carbocycles. The Morgan fingerprint density at radius 1 is 1.03 bits per heavy atom. The monoisotopic (exact) mass is 462 g/mol. The largest absolute Gasteiger partial charge is 0.497 e. The molecule has 2 fully saturated rings. The van der Waals surface area contributed by atoms with E-state index in [9.17, 15) is 4.79 Å². The van der Waals surface area contributed by atoms with E-state index in [1.54, 1.807) is 7.11 Å². The van der Waals surface area contributed by atoms with E-state index in [1.165, 1.54) is 5.69 Å². The Hall–Kier alpha value is -3.75. The quantitative estimate of drug-likeness (QED) is 0.602. The van der Waals surface area contributed by atoms with Gasteiger partial charge in [0, 0.05) is 57.1 Å². The number of aromatic nitrogens is 2. The lowest BCUT2D eigenvalue weighted by Crippen LogP contribution is -2.52. The number of carbonyl (C=O) groups is 1. The molecule has 9 heteroatoms. The number of hydrogen-bond donors (Lipinski definition) is 1. The zero-order valence-corrected chi connectivity index (χ0v) is 19.4. The van der Waals surface area contributed by atoms with Crippen molar-refractivity contribution in [1.82, 2.24) is 20.4 Å². The number of rotatable bonds is 6. The van der Waals surface area contributed by atoms with Crippen molar-refractivity contribution in [2.75, 3.05) is 62.7 Å². The van der Waals surface area contributed by atoms with Gasteiger partial charge in [0.1, 0.15) is 5.75 Å². The number of methoxy groups -OCH3 is 1. The number of para-hydroxylation sites is 1. The van der Waals surface area contributed by atoms with Crippen LogP contribution >= 0.6 is 0 Å². The molecule has 2 aliphatic rings. The summed E-state index contributed by atoms with van der Waals surface area (Å²) >= 11 is 0. The van der Waals surface area contributed by atoms with Gasteiger partial charge in [-0.05, 0) is 48.7 Å². The maximum Gasteiger partial charge on any atom is 0.324 e. The van der Waals surface area contributed by atoms with E-state index in [4.69, 9.17) is 9.26 Å². The van der Waals surface area contributed by atoms with Crippen molar-refractivity contribution in [1.29, 1.82) is 0 Å². The number of amides is 2. The Labute approximate surface area is 199 Å². The summed E-state index contributed by atoms with van der Waals surface area (Å²) in [7, 11) is 1.63. The minimum atomic E-state index is 0.00209. The molecule has 2 aromatic carbocycles. The van der Waals surface area contributed by atoms with E-state index in [0.717, 1.165) is 30.8 Å². The van der Waals surface area contributed by atoms with Crippen LogP contribution in [0.5, 0.6) is 5.75 Å². The van der Waals surface area contributed by atoms with Gasteiger partial charge >= 0.3 is 12.0 Å². The van der Waals surface area contributed by atoms with E-state index in [1.807, 2.05) is 40.1 Å². The molecule has 1 atom stereocenters. The molecule has 5 rings (SSSR count). The van der Waals surface area contributed by atoms with Gasteiger partial charge in [-0.3, -0.25) is 0 Å². The molecule has 1 unspecified atom stereocenters. The second-order valence-corrected chi connectivity index (χ2v) is 8.73. The first kappa shape index (κ1) is 22.1. The van der Waals surface area contributed by atoms with Gasteiger partial charge in [-0.15, -0.1) is 0 Å². The summed E-state index contributed by atoms with van der Waals surface area (Å²) in [5, 5.41) is 7.24. The van der Waals surface area contributed by atoms with E-state index < -0.39 is 0 Å². The highest BCUT2D eigenvalue weighted by atomic mass is 16.5. The summed E-state index contributed by atoms with van der Waals surface area (Å²) in [4.78, 5) is 23.5. The Kier molecular flexibility index (Phi) is 6.51. The van der Waals surface area contributed by atoms with Crippen LogP contribution in [0.2, 0.25) is 0 Å². The molecule has 2 amide bonds. The van der Waals surface area contributed by atoms with Crippen molar-refractivity contribution < 1.29 is 14.1 Å². The van der Waals surface area contributed by atoms with Crippen LogP contribution in [0.3, 0.4) is 0 Å². The van der Waals surface area contributed by atoms with E-state index in [-0.39, 0.29) is 6.03 Å². The molecular weight excluding hydrogens is 432 g/mol. The van der Waals surface area contributed by atoms with Gasteiger partial charge in [-0.1, -0.05) is 23.4 Å². The number of urea groups is 1. The summed E-state index contributed by atoms with van der Waals surface area (Å²) in [6.07, 6.45) is 1.09. The molecule has 1 N–H and O–H groups in total. The third-order valence-corrected chi connectivity index (χ3v) is 6.55. The van der Waals surface area contributed by atoms with Crippen LogP contribution in [0.25, 0.3) is 11.4 Å². The SMILES string of the molecule is COc1ccc(-c2noc(N3CCN(C(=O)NCC4CCN(c5ccccc5)C4)CC3)n2)cc1. The van der Waals surface area contributed by atoms with Crippen molar-refractivity contribution in [2.24, 2.45) is 5.92 Å². The second kappa shape index (κ2) is 10.0. The summed E-state index contributed by atoms with van der Waals surface area (Å²) in [5.41, 5.74) is 2.12. The maximum atomic E-state index is 12.7. The van der Waals surface area contributed by atoms with Crippen LogP contribution in [0.15, 0.2) is 59.1 Å². The van der Waals surface area contributed by atoms with Crippen molar-refractivity contribution in [3.05, 3.63) is 54.6 Å². The van der Waals surface area contributed by atoms with Crippen LogP contribution < -0.4 is 19.9 Å². The first-order valence-electron chi connectivity index (χ1n) is 11.8. The molecule has 0 radical (unpaired) electrons. The number of nitrogens with zero attached hydrogens (tertiary/aromatic N) is 5. The highest BCUT2D eigenvalue weighted by Gasteiger charge is 2.27. The van der Waals surface area contributed by atoms with Gasteiger partial charge < -0.3 is 29.3 Å². The Morgan fingerprint density at radius 3 is 2.53 bits per heavy atom. The van der Waals surface area contributed by atoms with Crippen LogP contribution in [0.1, 0.15) is 6.42 Å². The van der Waals surface area contributed by atoms with Crippen LogP contribution in [0.4, 0.5) is 16.5 Å². The lowest BCUT2D eigenvalue weighted by Gasteiger charge is -2.33. The first-order chi connectivity index (χ1) is 16.7. The van der Waals surface area contributed by atoms with E-state index >= 15 is 0 Å². The lowest BCUT2D eigenvalue weighted by molar-refractivity contribution is 0.191. The average Bonchev–Trinajstić information content (AvgIpc) is 3.58. The molecule has 0 spiro atoms. The number of piperazine rings is 1. The summed E-state index contributed by atoms with van der Waals surface area (Å²) < 4.78 is 10.7. The van der Waals surface area contributed by atoms with Crippen LogP contribution in [-0.4, -0.2) is 74.0 Å². The third kappa shape index (κ3) is 4.93. The zero-order chi connectivity index (χ0) is 23.3. The molecular formula is C25H30N6O3. The molecule has 3 heterocycles. The fraction of sp³-hybridized carbons (Fsp3) is 0.400. The predicted molar refractivity (Wildman–Crippen MR) is 130 cm³/mol. The lowest BCUT2D eigenvalue weighted by atomic mass is 10.1. The Bertz CT molecular complexity index is 1080. The minimum Gasteiger partial charge on any atom is -0.497 e. The number of benzene rings is 2. The number of carbonyl (C=O) groups excluding carboxylic acids is 1. The number of nitrogens with one attached hydrogen (secondary N) is 1. The maximum absolute atomic E-state index is 12.7. The van der Waals surface area contributed by atoms with Gasteiger partial charge in [-0.2, -0.15) is 4.98 Å². The molecule has 178 valence electrons. The van der Waals surface area contributed by atoms with Crippen molar-refractivity contribution in [2.45, 2.75) is 6.42 Å². The topological polar surface area (TPSA) is 87.0 Å². The normalized spacial score (nSPS) is 18.3. The van der Waals surface area contributed by atoms with Gasteiger partial charge in [0.25, 0.3) is 0 Å². The first-order valence-corrected chi connectivity index (χ1v) is 11.8. The van der Waals surface area contributed by atoms with Gasteiger partial charge in [0.15, 0.2) is 0 Å². The highest BCUT2D eigenvalue weighted by molar-refractivity contribution is 5.74. The zero-order valence-electron chi connectivity index (χ0n) is 19.4.